The van der Waals surface area contributed by atoms with Crippen molar-refractivity contribution in [2.75, 3.05) is 0 Å². The summed E-state index contributed by atoms with van der Waals surface area (Å²) in [7, 11) is 0. The minimum atomic E-state index is -1.49. The second-order valence-corrected chi connectivity index (χ2v) is 7.92. The van der Waals surface area contributed by atoms with E-state index in [2.05, 4.69) is 15.6 Å². The highest BCUT2D eigenvalue weighted by Crippen LogP contribution is 2.19. The maximum Gasteiger partial charge on any atom is 0.326 e. The molecule has 2 amide bonds. The number of aliphatic carboxylic acids is 2. The van der Waals surface area contributed by atoms with Crippen LogP contribution in [0.1, 0.15) is 17.5 Å². The molecule has 0 aliphatic heterocycles. The highest BCUT2D eigenvalue weighted by atomic mass is 16.4. The summed E-state index contributed by atoms with van der Waals surface area (Å²) in [5.41, 5.74) is 8.22. The predicted octanol–water partition coefficient (Wildman–Crippen LogP) is 0.809. The van der Waals surface area contributed by atoms with Crippen molar-refractivity contribution in [1.29, 1.82) is 0 Å². The van der Waals surface area contributed by atoms with Crippen LogP contribution in [0.5, 0.6) is 0 Å². The van der Waals surface area contributed by atoms with Crippen molar-refractivity contribution in [1.82, 2.24) is 15.6 Å². The summed E-state index contributed by atoms with van der Waals surface area (Å²) >= 11 is 0. The average Bonchev–Trinajstić information content (AvgIpc) is 3.21. The van der Waals surface area contributed by atoms with E-state index < -0.39 is 48.3 Å². The first kappa shape index (κ1) is 24.5. The van der Waals surface area contributed by atoms with E-state index in [0.29, 0.717) is 5.56 Å². The fraction of sp³-hybridized carbons (Fsp3) is 0.250. The van der Waals surface area contributed by atoms with Crippen LogP contribution in [-0.2, 0) is 32.0 Å². The monoisotopic (exact) mass is 466 g/mol. The standard InChI is InChI=1S/C24H26N4O6/c25-17(10-14-6-2-1-3-7-14)22(31)27-19(12-21(29)30)23(32)28-20(24(33)34)11-15-13-26-18-9-5-4-8-16(15)18/h1-9,13,17,19-20,26H,10-12,25H2,(H,27,31)(H,28,32)(H,29,30)(H,33,34)/t17-,19-,20-/m0/s1. The Balaban J connectivity index is 1.69. The lowest BCUT2D eigenvalue weighted by Crippen LogP contribution is -2.55. The minimum Gasteiger partial charge on any atom is -0.481 e. The second kappa shape index (κ2) is 11.1. The number of carboxylic acid groups (broad SMARTS) is 2. The topological polar surface area (TPSA) is 175 Å². The van der Waals surface area contributed by atoms with Crippen molar-refractivity contribution in [3.63, 3.8) is 0 Å². The van der Waals surface area contributed by atoms with Gasteiger partial charge < -0.3 is 31.6 Å². The molecule has 0 fully saturated rings. The number of amides is 2. The molecule has 10 heteroatoms. The van der Waals surface area contributed by atoms with Crippen molar-refractivity contribution in [3.05, 3.63) is 71.9 Å². The van der Waals surface area contributed by atoms with Gasteiger partial charge in [0.25, 0.3) is 0 Å². The van der Waals surface area contributed by atoms with E-state index in [9.17, 15) is 29.4 Å². The summed E-state index contributed by atoms with van der Waals surface area (Å²) in [4.78, 5) is 51.5. The van der Waals surface area contributed by atoms with E-state index in [1.165, 1.54) is 0 Å². The van der Waals surface area contributed by atoms with Crippen LogP contribution in [0.4, 0.5) is 0 Å². The molecule has 10 nitrogen and oxygen atoms in total. The molecule has 3 aromatic rings. The zero-order chi connectivity index (χ0) is 24.7. The Kier molecular flexibility index (Phi) is 7.99. The molecule has 34 heavy (non-hydrogen) atoms. The molecule has 178 valence electrons. The smallest absolute Gasteiger partial charge is 0.326 e. The summed E-state index contributed by atoms with van der Waals surface area (Å²) in [5.74, 6) is -4.26. The molecule has 0 saturated heterocycles. The molecule has 1 heterocycles. The number of hydrogen-bond acceptors (Lipinski definition) is 5. The first-order chi connectivity index (χ1) is 16.2. The van der Waals surface area contributed by atoms with Gasteiger partial charge in [-0.1, -0.05) is 48.5 Å². The molecule has 7 N–H and O–H groups in total. The highest BCUT2D eigenvalue weighted by Gasteiger charge is 2.30. The molecule has 1 aromatic heterocycles. The normalized spacial score (nSPS) is 13.6. The molecule has 2 aromatic carbocycles. The summed E-state index contributed by atoms with van der Waals surface area (Å²) in [6.45, 7) is 0. The van der Waals surface area contributed by atoms with Gasteiger partial charge in [0.05, 0.1) is 12.5 Å². The van der Waals surface area contributed by atoms with Crippen LogP contribution in [0, 0.1) is 0 Å². The quantitative estimate of drug-likeness (QED) is 0.242. The number of benzene rings is 2. The Morgan fingerprint density at radius 2 is 1.50 bits per heavy atom. The zero-order valence-electron chi connectivity index (χ0n) is 18.2. The number of rotatable bonds is 11. The van der Waals surface area contributed by atoms with E-state index in [0.717, 1.165) is 16.5 Å². The number of H-pyrrole nitrogens is 1. The summed E-state index contributed by atoms with van der Waals surface area (Å²) < 4.78 is 0. The van der Waals surface area contributed by atoms with Gasteiger partial charge in [0.1, 0.15) is 12.1 Å². The molecule has 0 spiro atoms. The van der Waals surface area contributed by atoms with Gasteiger partial charge in [-0.25, -0.2) is 4.79 Å². The highest BCUT2D eigenvalue weighted by molar-refractivity contribution is 5.94. The van der Waals surface area contributed by atoms with Crippen molar-refractivity contribution < 1.29 is 29.4 Å². The van der Waals surface area contributed by atoms with E-state index in [1.54, 1.807) is 30.5 Å². The Morgan fingerprint density at radius 1 is 0.853 bits per heavy atom. The van der Waals surface area contributed by atoms with Gasteiger partial charge in [0.2, 0.25) is 11.8 Å². The first-order valence-electron chi connectivity index (χ1n) is 10.6. The molecule has 0 radical (unpaired) electrons. The summed E-state index contributed by atoms with van der Waals surface area (Å²) in [5, 5.41) is 24.4. The molecule has 0 aliphatic rings. The Hall–Kier alpha value is -4.18. The van der Waals surface area contributed by atoms with Gasteiger partial charge in [0, 0.05) is 23.5 Å². The Bertz CT molecular complexity index is 1180. The first-order valence-corrected chi connectivity index (χ1v) is 10.6. The number of carbonyl (C=O) groups is 4. The predicted molar refractivity (Wildman–Crippen MR) is 124 cm³/mol. The van der Waals surface area contributed by atoms with Gasteiger partial charge >= 0.3 is 11.9 Å². The minimum absolute atomic E-state index is 0.0354. The molecule has 0 saturated carbocycles. The van der Waals surface area contributed by atoms with Crippen molar-refractivity contribution in [2.24, 2.45) is 5.73 Å². The lowest BCUT2D eigenvalue weighted by molar-refractivity contribution is -0.143. The van der Waals surface area contributed by atoms with E-state index in [1.807, 2.05) is 30.3 Å². The van der Waals surface area contributed by atoms with E-state index in [-0.39, 0.29) is 12.8 Å². The SMILES string of the molecule is N[C@@H](Cc1ccccc1)C(=O)N[C@@H](CC(=O)O)C(=O)N[C@@H](Cc1c[nH]c2ccccc12)C(=O)O. The number of fused-ring (bicyclic) bond motifs is 1. The second-order valence-electron chi connectivity index (χ2n) is 7.92. The van der Waals surface area contributed by atoms with Crippen LogP contribution in [0.2, 0.25) is 0 Å². The van der Waals surface area contributed by atoms with Gasteiger partial charge in [-0.15, -0.1) is 0 Å². The molecular formula is C24H26N4O6. The number of carbonyl (C=O) groups excluding carboxylic acids is 2. The average molecular weight is 466 g/mol. The van der Waals surface area contributed by atoms with Crippen LogP contribution in [0.15, 0.2) is 60.8 Å². The largest absolute Gasteiger partial charge is 0.481 e. The number of hydrogen-bond donors (Lipinski definition) is 6. The number of aromatic amines is 1. The number of para-hydroxylation sites is 1. The van der Waals surface area contributed by atoms with Crippen molar-refractivity contribution in [2.45, 2.75) is 37.4 Å². The number of nitrogens with one attached hydrogen (secondary N) is 3. The van der Waals surface area contributed by atoms with Crippen molar-refractivity contribution in [3.8, 4) is 0 Å². The van der Waals surface area contributed by atoms with E-state index in [4.69, 9.17) is 5.73 Å². The molecular weight excluding hydrogens is 440 g/mol. The Labute approximate surface area is 195 Å². The number of carboxylic acids is 2. The van der Waals surface area contributed by atoms with Crippen LogP contribution >= 0.6 is 0 Å². The molecule has 3 rings (SSSR count). The molecule has 3 atom stereocenters. The van der Waals surface area contributed by atoms with Crippen LogP contribution < -0.4 is 16.4 Å². The number of nitrogens with two attached hydrogens (primary N) is 1. The van der Waals surface area contributed by atoms with Crippen molar-refractivity contribution >= 4 is 34.7 Å². The molecule has 0 bridgehead atoms. The summed E-state index contributed by atoms with van der Waals surface area (Å²) in [6.07, 6.45) is 1.08. The van der Waals surface area contributed by atoms with Gasteiger partial charge in [-0.2, -0.15) is 0 Å². The maximum atomic E-state index is 12.8. The third-order valence-corrected chi connectivity index (χ3v) is 5.36. The summed E-state index contributed by atoms with van der Waals surface area (Å²) in [6, 6.07) is 12.4. The molecule has 0 aliphatic carbocycles. The lowest BCUT2D eigenvalue weighted by Gasteiger charge is -2.22. The lowest BCUT2D eigenvalue weighted by atomic mass is 10.0. The molecule has 0 unspecified atom stereocenters. The van der Waals surface area contributed by atoms with Gasteiger partial charge in [-0.3, -0.25) is 14.4 Å². The number of aromatic nitrogens is 1. The van der Waals surface area contributed by atoms with Crippen LogP contribution in [-0.4, -0.2) is 57.1 Å². The Morgan fingerprint density at radius 3 is 2.18 bits per heavy atom. The zero-order valence-corrected chi connectivity index (χ0v) is 18.2. The third kappa shape index (κ3) is 6.42. The third-order valence-electron chi connectivity index (χ3n) is 5.36. The maximum absolute atomic E-state index is 12.8. The van der Waals surface area contributed by atoms with Gasteiger partial charge in [0.15, 0.2) is 0 Å². The fourth-order valence-electron chi connectivity index (χ4n) is 3.62. The fourth-order valence-corrected chi connectivity index (χ4v) is 3.62. The van der Waals surface area contributed by atoms with E-state index >= 15 is 0 Å². The van der Waals surface area contributed by atoms with Gasteiger partial charge in [-0.05, 0) is 23.6 Å². The van der Waals surface area contributed by atoms with Crippen LogP contribution in [0.3, 0.4) is 0 Å². The van der Waals surface area contributed by atoms with Crippen LogP contribution in [0.25, 0.3) is 10.9 Å².